The van der Waals surface area contributed by atoms with Gasteiger partial charge in [0, 0.05) is 25.7 Å². The number of hydrogen-bond acceptors (Lipinski definition) is 4. The molecule has 1 aromatic carbocycles. The van der Waals surface area contributed by atoms with Crippen LogP contribution in [-0.4, -0.2) is 37.2 Å². The minimum absolute atomic E-state index is 0.143. The lowest BCUT2D eigenvalue weighted by molar-refractivity contribution is 0.0898. The maximum atomic E-state index is 6.22. The number of ether oxygens (including phenoxy) is 2. The lowest BCUT2D eigenvalue weighted by Gasteiger charge is -2.42. The molecule has 22 heavy (non-hydrogen) atoms. The van der Waals surface area contributed by atoms with Gasteiger partial charge in [-0.3, -0.25) is 4.90 Å². The Bertz CT molecular complexity index is 500. The number of hydrogen-bond donors (Lipinski definition) is 1. The van der Waals surface area contributed by atoms with Crippen LogP contribution in [0.4, 0.5) is 0 Å². The summed E-state index contributed by atoms with van der Waals surface area (Å²) in [5.74, 6) is 1.61. The molecule has 1 unspecified atom stereocenters. The summed E-state index contributed by atoms with van der Waals surface area (Å²) in [6.07, 6.45) is 1.20. The minimum atomic E-state index is 0.143. The number of benzene rings is 1. The van der Waals surface area contributed by atoms with Gasteiger partial charge in [-0.05, 0) is 43.4 Å². The fourth-order valence-corrected chi connectivity index (χ4v) is 3.04. The van der Waals surface area contributed by atoms with E-state index in [1.54, 1.807) is 7.11 Å². The van der Waals surface area contributed by atoms with Gasteiger partial charge in [-0.25, -0.2) is 0 Å². The molecule has 0 aliphatic carbocycles. The average Bonchev–Trinajstić information content (AvgIpc) is 2.43. The van der Waals surface area contributed by atoms with Crippen LogP contribution in [0.5, 0.6) is 11.5 Å². The average molecular weight is 306 g/mol. The van der Waals surface area contributed by atoms with Crippen LogP contribution >= 0.6 is 0 Å². The molecular weight excluding hydrogens is 276 g/mol. The Labute approximate surface area is 134 Å². The fourth-order valence-electron chi connectivity index (χ4n) is 3.04. The van der Waals surface area contributed by atoms with Crippen LogP contribution in [-0.2, 0) is 6.54 Å². The van der Waals surface area contributed by atoms with Crippen molar-refractivity contribution in [3.8, 4) is 11.5 Å². The van der Waals surface area contributed by atoms with Gasteiger partial charge in [-0.15, -0.1) is 0 Å². The molecule has 1 atom stereocenters. The maximum Gasteiger partial charge on any atom is 0.161 e. The highest BCUT2D eigenvalue weighted by atomic mass is 16.5. The van der Waals surface area contributed by atoms with Crippen molar-refractivity contribution < 1.29 is 9.47 Å². The second kappa shape index (κ2) is 6.88. The zero-order valence-corrected chi connectivity index (χ0v) is 14.6. The SMILES string of the molecule is COc1cc(CN2CCC(N)C(C)(C)C2)ccc1OC(C)C. The molecule has 0 radical (unpaired) electrons. The summed E-state index contributed by atoms with van der Waals surface area (Å²) in [6.45, 7) is 11.6. The monoisotopic (exact) mass is 306 g/mol. The summed E-state index contributed by atoms with van der Waals surface area (Å²) >= 11 is 0. The first-order chi connectivity index (χ1) is 10.3. The lowest BCUT2D eigenvalue weighted by Crippen LogP contribution is -2.52. The molecule has 1 aliphatic rings. The van der Waals surface area contributed by atoms with E-state index in [0.29, 0.717) is 6.04 Å². The van der Waals surface area contributed by atoms with E-state index in [2.05, 4.69) is 30.9 Å². The first kappa shape index (κ1) is 17.1. The zero-order valence-electron chi connectivity index (χ0n) is 14.6. The Kier molecular flexibility index (Phi) is 5.35. The largest absolute Gasteiger partial charge is 0.493 e. The molecular formula is C18H30N2O2. The third-order valence-corrected chi connectivity index (χ3v) is 4.39. The van der Waals surface area contributed by atoms with Crippen LogP contribution < -0.4 is 15.2 Å². The van der Waals surface area contributed by atoms with Crippen LogP contribution in [0.15, 0.2) is 18.2 Å². The Hall–Kier alpha value is -1.26. The van der Waals surface area contributed by atoms with Gasteiger partial charge in [0.15, 0.2) is 11.5 Å². The van der Waals surface area contributed by atoms with Gasteiger partial charge in [-0.2, -0.15) is 0 Å². The van der Waals surface area contributed by atoms with E-state index in [1.807, 2.05) is 19.9 Å². The van der Waals surface area contributed by atoms with Gasteiger partial charge >= 0.3 is 0 Å². The van der Waals surface area contributed by atoms with E-state index in [-0.39, 0.29) is 11.5 Å². The highest BCUT2D eigenvalue weighted by Gasteiger charge is 2.33. The molecule has 1 saturated heterocycles. The normalized spacial score (nSPS) is 21.9. The predicted octanol–water partition coefficient (Wildman–Crippen LogP) is 3.04. The van der Waals surface area contributed by atoms with Crippen LogP contribution in [0, 0.1) is 5.41 Å². The second-order valence-corrected chi connectivity index (χ2v) is 7.25. The molecule has 1 fully saturated rings. The van der Waals surface area contributed by atoms with E-state index in [1.165, 1.54) is 5.56 Å². The van der Waals surface area contributed by atoms with Gasteiger partial charge in [0.2, 0.25) is 0 Å². The minimum Gasteiger partial charge on any atom is -0.493 e. The van der Waals surface area contributed by atoms with Gasteiger partial charge < -0.3 is 15.2 Å². The summed E-state index contributed by atoms with van der Waals surface area (Å²) in [5.41, 5.74) is 7.64. The van der Waals surface area contributed by atoms with Crippen LogP contribution in [0.1, 0.15) is 39.7 Å². The summed E-state index contributed by atoms with van der Waals surface area (Å²) < 4.78 is 11.2. The molecule has 1 heterocycles. The summed E-state index contributed by atoms with van der Waals surface area (Å²) in [6, 6.07) is 6.51. The predicted molar refractivity (Wildman–Crippen MR) is 90.4 cm³/mol. The van der Waals surface area contributed by atoms with Crippen molar-refractivity contribution in [3.05, 3.63) is 23.8 Å². The van der Waals surface area contributed by atoms with Crippen molar-refractivity contribution in [2.75, 3.05) is 20.2 Å². The Morgan fingerprint density at radius 1 is 1.32 bits per heavy atom. The smallest absolute Gasteiger partial charge is 0.161 e. The lowest BCUT2D eigenvalue weighted by atomic mass is 9.79. The maximum absolute atomic E-state index is 6.22. The van der Waals surface area contributed by atoms with Crippen molar-refractivity contribution >= 4 is 0 Å². The molecule has 2 rings (SSSR count). The van der Waals surface area contributed by atoms with E-state index in [0.717, 1.165) is 37.6 Å². The Morgan fingerprint density at radius 3 is 2.64 bits per heavy atom. The standard InChI is InChI=1S/C18H30N2O2/c1-13(2)22-15-7-6-14(10-16(15)21-5)11-20-9-8-17(19)18(3,4)12-20/h6-7,10,13,17H,8-9,11-12,19H2,1-5H3. The van der Waals surface area contributed by atoms with E-state index in [4.69, 9.17) is 15.2 Å². The van der Waals surface area contributed by atoms with Crippen LogP contribution in [0.25, 0.3) is 0 Å². The third kappa shape index (κ3) is 4.14. The summed E-state index contributed by atoms with van der Waals surface area (Å²) in [4.78, 5) is 2.47. The van der Waals surface area contributed by atoms with Gasteiger partial charge in [0.05, 0.1) is 13.2 Å². The molecule has 0 aromatic heterocycles. The van der Waals surface area contributed by atoms with Crippen molar-refractivity contribution in [1.29, 1.82) is 0 Å². The summed E-state index contributed by atoms with van der Waals surface area (Å²) in [7, 11) is 1.69. The zero-order chi connectivity index (χ0) is 16.3. The molecule has 4 heteroatoms. The van der Waals surface area contributed by atoms with Crippen molar-refractivity contribution in [1.82, 2.24) is 4.90 Å². The van der Waals surface area contributed by atoms with Crippen molar-refractivity contribution in [3.63, 3.8) is 0 Å². The van der Waals surface area contributed by atoms with Crippen LogP contribution in [0.3, 0.4) is 0 Å². The quantitative estimate of drug-likeness (QED) is 0.908. The highest BCUT2D eigenvalue weighted by Crippen LogP contribution is 2.32. The topological polar surface area (TPSA) is 47.7 Å². The molecule has 0 bridgehead atoms. The molecule has 124 valence electrons. The molecule has 0 amide bonds. The van der Waals surface area contributed by atoms with Crippen molar-refractivity contribution in [2.24, 2.45) is 11.1 Å². The van der Waals surface area contributed by atoms with Crippen LogP contribution in [0.2, 0.25) is 0 Å². The number of nitrogens with zero attached hydrogens (tertiary/aromatic N) is 1. The van der Waals surface area contributed by atoms with Gasteiger partial charge in [-0.1, -0.05) is 19.9 Å². The summed E-state index contributed by atoms with van der Waals surface area (Å²) in [5, 5.41) is 0. The number of nitrogens with two attached hydrogens (primary N) is 1. The third-order valence-electron chi connectivity index (χ3n) is 4.39. The Balaban J connectivity index is 2.07. The second-order valence-electron chi connectivity index (χ2n) is 7.25. The van der Waals surface area contributed by atoms with Gasteiger partial charge in [0.1, 0.15) is 0 Å². The fraction of sp³-hybridized carbons (Fsp3) is 0.667. The number of likely N-dealkylation sites (tertiary alicyclic amines) is 1. The highest BCUT2D eigenvalue weighted by molar-refractivity contribution is 5.43. The molecule has 1 aromatic rings. The molecule has 0 spiro atoms. The Morgan fingerprint density at radius 2 is 2.05 bits per heavy atom. The van der Waals surface area contributed by atoms with Gasteiger partial charge in [0.25, 0.3) is 0 Å². The number of piperidine rings is 1. The molecule has 2 N–H and O–H groups in total. The molecule has 1 aliphatic heterocycles. The first-order valence-corrected chi connectivity index (χ1v) is 8.13. The van der Waals surface area contributed by atoms with Crippen molar-refractivity contribution in [2.45, 2.75) is 52.8 Å². The first-order valence-electron chi connectivity index (χ1n) is 8.13. The number of methoxy groups -OCH3 is 1. The number of rotatable bonds is 5. The molecule has 0 saturated carbocycles. The van der Waals surface area contributed by atoms with E-state index >= 15 is 0 Å². The molecule has 4 nitrogen and oxygen atoms in total. The van der Waals surface area contributed by atoms with E-state index < -0.39 is 0 Å². The van der Waals surface area contributed by atoms with E-state index in [9.17, 15) is 0 Å².